The predicted molar refractivity (Wildman–Crippen MR) is 99.5 cm³/mol. The predicted octanol–water partition coefficient (Wildman–Crippen LogP) is 3.26. The smallest absolute Gasteiger partial charge is 0.407 e. The highest BCUT2D eigenvalue weighted by atomic mass is 16.6. The number of para-hydroxylation sites is 2. The molecule has 2 amide bonds. The summed E-state index contributed by atoms with van der Waals surface area (Å²) >= 11 is 0. The van der Waals surface area contributed by atoms with Gasteiger partial charge >= 0.3 is 6.09 Å². The molecule has 0 atom stereocenters. The van der Waals surface area contributed by atoms with Crippen LogP contribution in [0.25, 0.3) is 17.2 Å². The summed E-state index contributed by atoms with van der Waals surface area (Å²) in [4.78, 5) is 28.1. The first-order valence-corrected chi connectivity index (χ1v) is 8.37. The molecule has 0 saturated heterocycles. The highest BCUT2D eigenvalue weighted by Gasteiger charge is 2.22. The molecule has 26 heavy (non-hydrogen) atoms. The Bertz CT molecular complexity index is 783. The molecule has 140 valence electrons. The van der Waals surface area contributed by atoms with Gasteiger partial charge in [-0.3, -0.25) is 4.79 Å². The number of aromatic nitrogens is 1. The number of rotatable bonds is 5. The maximum Gasteiger partial charge on any atom is 0.407 e. The van der Waals surface area contributed by atoms with Crippen molar-refractivity contribution in [3.05, 3.63) is 36.2 Å². The van der Waals surface area contributed by atoms with Crippen LogP contribution in [0.4, 0.5) is 4.79 Å². The summed E-state index contributed by atoms with van der Waals surface area (Å²) in [6.45, 7) is 9.19. The van der Waals surface area contributed by atoms with E-state index in [0.29, 0.717) is 11.5 Å². The van der Waals surface area contributed by atoms with Crippen LogP contribution in [-0.2, 0) is 9.53 Å². The fourth-order valence-electron chi connectivity index (χ4n) is 2.13. The molecule has 0 fully saturated rings. The topological polar surface area (TPSA) is 93.5 Å². The van der Waals surface area contributed by atoms with Gasteiger partial charge in [0.1, 0.15) is 11.1 Å². The first-order chi connectivity index (χ1) is 12.0. The number of nitrogens with zero attached hydrogens (tertiary/aromatic N) is 1. The molecular weight excluding hydrogens is 334 g/mol. The standard InChI is InChI=1S/C19H25N3O4/c1-18(2,3)26-17(24)20-12-19(4,5)22-15(23)10-11-16-21-13-8-6-7-9-14(13)25-16/h6-11H,12H2,1-5H3,(H,20,24)(H,22,23). The van der Waals surface area contributed by atoms with Gasteiger partial charge in [-0.15, -0.1) is 0 Å². The summed E-state index contributed by atoms with van der Waals surface area (Å²) in [6.07, 6.45) is 2.33. The molecule has 0 aliphatic heterocycles. The molecule has 2 N–H and O–H groups in total. The number of hydrogen-bond acceptors (Lipinski definition) is 5. The normalized spacial score (nSPS) is 12.3. The van der Waals surface area contributed by atoms with Crippen LogP contribution < -0.4 is 10.6 Å². The Labute approximate surface area is 152 Å². The monoisotopic (exact) mass is 359 g/mol. The lowest BCUT2D eigenvalue weighted by Gasteiger charge is -2.27. The Hall–Kier alpha value is -2.83. The molecule has 1 heterocycles. The summed E-state index contributed by atoms with van der Waals surface area (Å²) in [5.74, 6) is 0.0364. The number of carbonyl (C=O) groups excluding carboxylic acids is 2. The van der Waals surface area contributed by atoms with Crippen molar-refractivity contribution in [3.63, 3.8) is 0 Å². The zero-order valence-corrected chi connectivity index (χ0v) is 15.8. The highest BCUT2D eigenvalue weighted by Crippen LogP contribution is 2.15. The molecule has 1 aromatic heterocycles. The average molecular weight is 359 g/mol. The van der Waals surface area contributed by atoms with Gasteiger partial charge in [0.25, 0.3) is 0 Å². The van der Waals surface area contributed by atoms with Crippen LogP contribution in [0.2, 0.25) is 0 Å². The lowest BCUT2D eigenvalue weighted by atomic mass is 10.1. The average Bonchev–Trinajstić information content (AvgIpc) is 2.92. The third-order valence-corrected chi connectivity index (χ3v) is 3.22. The van der Waals surface area contributed by atoms with Crippen molar-refractivity contribution in [1.82, 2.24) is 15.6 Å². The zero-order valence-electron chi connectivity index (χ0n) is 15.8. The fraction of sp³-hybridized carbons (Fsp3) is 0.421. The number of carbonyl (C=O) groups is 2. The van der Waals surface area contributed by atoms with Gasteiger partial charge < -0.3 is 19.8 Å². The van der Waals surface area contributed by atoms with Crippen LogP contribution >= 0.6 is 0 Å². The Morgan fingerprint density at radius 1 is 1.19 bits per heavy atom. The van der Waals surface area contributed by atoms with Crippen LogP contribution in [-0.4, -0.2) is 34.7 Å². The van der Waals surface area contributed by atoms with E-state index in [9.17, 15) is 9.59 Å². The SMILES string of the molecule is CC(C)(CNC(=O)OC(C)(C)C)NC(=O)C=Cc1nc2ccccc2o1. The highest BCUT2D eigenvalue weighted by molar-refractivity contribution is 5.92. The molecule has 0 aliphatic rings. The van der Waals surface area contributed by atoms with Crippen LogP contribution in [0.1, 0.15) is 40.5 Å². The minimum Gasteiger partial charge on any atom is -0.444 e. The second-order valence-corrected chi connectivity index (χ2v) is 7.58. The quantitative estimate of drug-likeness (QED) is 0.799. The van der Waals surface area contributed by atoms with Crippen molar-refractivity contribution in [3.8, 4) is 0 Å². The molecule has 0 bridgehead atoms. The number of nitrogens with one attached hydrogen (secondary N) is 2. The van der Waals surface area contributed by atoms with E-state index >= 15 is 0 Å². The molecule has 0 spiro atoms. The van der Waals surface area contributed by atoms with E-state index in [1.165, 1.54) is 12.2 Å². The van der Waals surface area contributed by atoms with Crippen molar-refractivity contribution < 1.29 is 18.7 Å². The maximum atomic E-state index is 12.1. The Morgan fingerprint density at radius 2 is 1.88 bits per heavy atom. The van der Waals surface area contributed by atoms with E-state index in [4.69, 9.17) is 9.15 Å². The van der Waals surface area contributed by atoms with Gasteiger partial charge in [-0.2, -0.15) is 0 Å². The number of benzene rings is 1. The van der Waals surface area contributed by atoms with Gasteiger partial charge in [0, 0.05) is 18.7 Å². The summed E-state index contributed by atoms with van der Waals surface area (Å²) in [6, 6.07) is 7.37. The number of hydrogen-bond donors (Lipinski definition) is 2. The molecule has 0 saturated carbocycles. The summed E-state index contributed by atoms with van der Waals surface area (Å²) in [5.41, 5.74) is 0.170. The number of amides is 2. The van der Waals surface area contributed by atoms with Crippen LogP contribution in [0.15, 0.2) is 34.8 Å². The van der Waals surface area contributed by atoms with E-state index in [0.717, 1.165) is 5.52 Å². The lowest BCUT2D eigenvalue weighted by molar-refractivity contribution is -0.117. The van der Waals surface area contributed by atoms with Crippen LogP contribution in [0.5, 0.6) is 0 Å². The minimum atomic E-state index is -0.653. The molecule has 2 rings (SSSR count). The van der Waals surface area contributed by atoms with Crippen LogP contribution in [0, 0.1) is 0 Å². The Balaban J connectivity index is 1.87. The third kappa shape index (κ3) is 6.23. The molecule has 7 heteroatoms. The zero-order chi connectivity index (χ0) is 19.4. The molecule has 0 radical (unpaired) electrons. The summed E-state index contributed by atoms with van der Waals surface area (Å²) in [5, 5.41) is 5.46. The molecule has 0 unspecified atom stereocenters. The van der Waals surface area contributed by atoms with Crippen molar-refractivity contribution in [2.45, 2.75) is 45.8 Å². The van der Waals surface area contributed by atoms with Gasteiger partial charge in [0.05, 0.1) is 5.54 Å². The number of fused-ring (bicyclic) bond motifs is 1. The first kappa shape index (κ1) is 19.5. The minimum absolute atomic E-state index is 0.227. The Morgan fingerprint density at radius 3 is 2.54 bits per heavy atom. The fourth-order valence-corrected chi connectivity index (χ4v) is 2.13. The van der Waals surface area contributed by atoms with Crippen LogP contribution in [0.3, 0.4) is 0 Å². The molecule has 2 aromatic rings. The van der Waals surface area contributed by atoms with Crippen molar-refractivity contribution in [2.75, 3.05) is 6.54 Å². The second-order valence-electron chi connectivity index (χ2n) is 7.58. The van der Waals surface area contributed by atoms with Gasteiger partial charge in [-0.1, -0.05) is 12.1 Å². The number of ether oxygens (including phenoxy) is 1. The van der Waals surface area contributed by atoms with Gasteiger partial charge in [0.2, 0.25) is 11.8 Å². The van der Waals surface area contributed by atoms with Gasteiger partial charge in [-0.05, 0) is 46.8 Å². The largest absolute Gasteiger partial charge is 0.444 e. The molecular formula is C19H25N3O4. The molecule has 1 aromatic carbocycles. The second kappa shape index (κ2) is 7.59. The Kier molecular flexibility index (Phi) is 5.69. The molecule has 7 nitrogen and oxygen atoms in total. The number of oxazole rings is 1. The van der Waals surface area contributed by atoms with Crippen molar-refractivity contribution >= 4 is 29.2 Å². The van der Waals surface area contributed by atoms with Gasteiger partial charge in [0.15, 0.2) is 5.58 Å². The third-order valence-electron chi connectivity index (χ3n) is 3.22. The van der Waals surface area contributed by atoms with E-state index in [2.05, 4.69) is 15.6 Å². The van der Waals surface area contributed by atoms with E-state index in [-0.39, 0.29) is 12.5 Å². The summed E-state index contributed by atoms with van der Waals surface area (Å²) in [7, 11) is 0. The van der Waals surface area contributed by atoms with E-state index < -0.39 is 17.2 Å². The first-order valence-electron chi connectivity index (χ1n) is 8.37. The van der Waals surface area contributed by atoms with Gasteiger partial charge in [-0.25, -0.2) is 9.78 Å². The van der Waals surface area contributed by atoms with Crippen molar-refractivity contribution in [1.29, 1.82) is 0 Å². The molecule has 0 aliphatic carbocycles. The number of alkyl carbamates (subject to hydrolysis) is 1. The van der Waals surface area contributed by atoms with Crippen molar-refractivity contribution in [2.24, 2.45) is 0 Å². The maximum absolute atomic E-state index is 12.1. The summed E-state index contributed by atoms with van der Waals surface area (Å²) < 4.78 is 10.7. The lowest BCUT2D eigenvalue weighted by Crippen LogP contribution is -2.51. The van der Waals surface area contributed by atoms with E-state index in [1.807, 2.05) is 24.3 Å². The van der Waals surface area contributed by atoms with E-state index in [1.54, 1.807) is 34.6 Å².